The van der Waals surface area contributed by atoms with Crippen LogP contribution in [-0.2, 0) is 4.74 Å². The number of nitrogens with one attached hydrogen (secondary N) is 1. The van der Waals surface area contributed by atoms with Gasteiger partial charge in [-0.05, 0) is 25.2 Å². The first-order chi connectivity index (χ1) is 7.85. The van der Waals surface area contributed by atoms with E-state index in [1.165, 1.54) is 12.8 Å². The van der Waals surface area contributed by atoms with Gasteiger partial charge in [0.2, 0.25) is 0 Å². The van der Waals surface area contributed by atoms with Crippen molar-refractivity contribution in [1.29, 1.82) is 0 Å². The topological polar surface area (TPSA) is 59.6 Å². The fourth-order valence-corrected chi connectivity index (χ4v) is 1.56. The van der Waals surface area contributed by atoms with Crippen LogP contribution >= 0.6 is 0 Å². The Kier molecular flexibility index (Phi) is 7.96. The van der Waals surface area contributed by atoms with Crippen LogP contribution in [0.25, 0.3) is 0 Å². The molecule has 102 valence electrons. The summed E-state index contributed by atoms with van der Waals surface area (Å²) >= 11 is 0. The van der Waals surface area contributed by atoms with Crippen LogP contribution in [0.15, 0.2) is 4.99 Å². The van der Waals surface area contributed by atoms with E-state index in [9.17, 15) is 0 Å². The predicted octanol–water partition coefficient (Wildman–Crippen LogP) is 2.14. The molecule has 1 unspecified atom stereocenters. The van der Waals surface area contributed by atoms with Crippen molar-refractivity contribution in [2.75, 3.05) is 20.3 Å². The predicted molar refractivity (Wildman–Crippen MR) is 74.3 cm³/mol. The third-order valence-corrected chi connectivity index (χ3v) is 2.43. The molecule has 0 aliphatic heterocycles. The fraction of sp³-hybridized carbons (Fsp3) is 0.923. The molecule has 1 atom stereocenters. The molecule has 0 aromatic carbocycles. The van der Waals surface area contributed by atoms with Gasteiger partial charge >= 0.3 is 0 Å². The fourth-order valence-electron chi connectivity index (χ4n) is 1.56. The molecule has 0 aliphatic rings. The Labute approximate surface area is 106 Å². The lowest BCUT2D eigenvalue weighted by atomic mass is 9.90. The zero-order valence-electron chi connectivity index (χ0n) is 12.0. The van der Waals surface area contributed by atoms with E-state index in [1.54, 1.807) is 7.11 Å². The summed E-state index contributed by atoms with van der Waals surface area (Å²) in [5.74, 6) is 0.519. The molecule has 0 fully saturated rings. The molecule has 4 heteroatoms. The molecular weight excluding hydrogens is 214 g/mol. The number of hydrogen-bond donors (Lipinski definition) is 2. The summed E-state index contributed by atoms with van der Waals surface area (Å²) in [4.78, 5) is 4.29. The van der Waals surface area contributed by atoms with E-state index in [2.05, 4.69) is 31.1 Å². The second-order valence-electron chi connectivity index (χ2n) is 5.79. The minimum Gasteiger partial charge on any atom is -0.383 e. The first-order valence-corrected chi connectivity index (χ1v) is 6.40. The first-order valence-electron chi connectivity index (χ1n) is 6.40. The van der Waals surface area contributed by atoms with Crippen molar-refractivity contribution in [3.8, 4) is 0 Å². The number of hydrogen-bond acceptors (Lipinski definition) is 2. The van der Waals surface area contributed by atoms with Crippen LogP contribution in [0.1, 0.15) is 47.0 Å². The number of rotatable bonds is 7. The van der Waals surface area contributed by atoms with Crippen molar-refractivity contribution < 1.29 is 4.74 Å². The van der Waals surface area contributed by atoms with Crippen molar-refractivity contribution >= 4 is 5.96 Å². The normalized spacial score (nSPS) is 14.8. The van der Waals surface area contributed by atoms with Crippen LogP contribution in [0.5, 0.6) is 0 Å². The van der Waals surface area contributed by atoms with E-state index in [0.29, 0.717) is 18.0 Å². The third kappa shape index (κ3) is 11.5. The van der Waals surface area contributed by atoms with Crippen LogP contribution < -0.4 is 11.1 Å². The Morgan fingerprint density at radius 2 is 2.00 bits per heavy atom. The molecule has 0 aromatic heterocycles. The Bertz CT molecular complexity index is 221. The van der Waals surface area contributed by atoms with E-state index in [1.807, 2.05) is 6.92 Å². The number of unbranched alkanes of at least 4 members (excludes halogenated alkanes) is 1. The van der Waals surface area contributed by atoms with Gasteiger partial charge in [-0.15, -0.1) is 0 Å². The molecular formula is C13H29N3O. The number of nitrogens with zero attached hydrogens (tertiary/aromatic N) is 1. The molecule has 0 bridgehead atoms. The average molecular weight is 243 g/mol. The van der Waals surface area contributed by atoms with Gasteiger partial charge in [-0.1, -0.05) is 27.2 Å². The summed E-state index contributed by atoms with van der Waals surface area (Å²) in [7, 11) is 1.68. The molecule has 0 saturated heterocycles. The summed E-state index contributed by atoms with van der Waals surface area (Å²) in [6.45, 7) is 10.2. The Hall–Kier alpha value is -0.770. The molecule has 0 spiro atoms. The lowest BCUT2D eigenvalue weighted by Crippen LogP contribution is -2.40. The molecule has 0 amide bonds. The van der Waals surface area contributed by atoms with Gasteiger partial charge in [-0.25, -0.2) is 0 Å². The van der Waals surface area contributed by atoms with Crippen LogP contribution in [0.2, 0.25) is 0 Å². The van der Waals surface area contributed by atoms with Crippen LogP contribution in [0.3, 0.4) is 0 Å². The van der Waals surface area contributed by atoms with E-state index in [-0.39, 0.29) is 6.04 Å². The highest BCUT2D eigenvalue weighted by Gasteiger charge is 2.08. The molecule has 0 heterocycles. The molecule has 0 saturated carbocycles. The Morgan fingerprint density at radius 3 is 2.53 bits per heavy atom. The Balaban J connectivity index is 3.63. The van der Waals surface area contributed by atoms with Gasteiger partial charge in [0, 0.05) is 19.7 Å². The van der Waals surface area contributed by atoms with Crippen LogP contribution in [-0.4, -0.2) is 32.3 Å². The average Bonchev–Trinajstić information content (AvgIpc) is 2.15. The number of guanidine groups is 1. The lowest BCUT2D eigenvalue weighted by Gasteiger charge is -2.17. The second-order valence-corrected chi connectivity index (χ2v) is 5.79. The Morgan fingerprint density at radius 1 is 1.35 bits per heavy atom. The van der Waals surface area contributed by atoms with E-state index in [0.717, 1.165) is 13.0 Å². The highest BCUT2D eigenvalue weighted by molar-refractivity contribution is 5.78. The summed E-state index contributed by atoms with van der Waals surface area (Å²) in [6, 6.07) is 0.207. The van der Waals surface area contributed by atoms with E-state index < -0.39 is 0 Å². The monoisotopic (exact) mass is 243 g/mol. The van der Waals surface area contributed by atoms with Crippen molar-refractivity contribution in [2.45, 2.75) is 53.0 Å². The molecule has 0 aromatic rings. The second kappa shape index (κ2) is 8.34. The van der Waals surface area contributed by atoms with Gasteiger partial charge in [0.1, 0.15) is 0 Å². The molecule has 4 nitrogen and oxygen atoms in total. The SMILES string of the molecule is COCC(C)NC(N)=NCCCCC(C)(C)C. The molecule has 0 radical (unpaired) electrons. The van der Waals surface area contributed by atoms with Crippen molar-refractivity contribution in [1.82, 2.24) is 5.32 Å². The van der Waals surface area contributed by atoms with Crippen molar-refractivity contribution in [3.05, 3.63) is 0 Å². The standard InChI is InChI=1S/C13H29N3O/c1-11(10-17-5)16-12(14)15-9-7-6-8-13(2,3)4/h11H,6-10H2,1-5H3,(H3,14,15,16). The zero-order chi connectivity index (χ0) is 13.3. The van der Waals surface area contributed by atoms with Crippen LogP contribution in [0, 0.1) is 5.41 Å². The third-order valence-electron chi connectivity index (χ3n) is 2.43. The van der Waals surface area contributed by atoms with Crippen molar-refractivity contribution in [2.24, 2.45) is 16.1 Å². The maximum absolute atomic E-state index is 5.76. The van der Waals surface area contributed by atoms with Gasteiger partial charge in [-0.3, -0.25) is 4.99 Å². The number of methoxy groups -OCH3 is 1. The first kappa shape index (κ1) is 16.2. The molecule has 0 aliphatic carbocycles. The summed E-state index contributed by atoms with van der Waals surface area (Å²) in [5, 5.41) is 3.09. The summed E-state index contributed by atoms with van der Waals surface area (Å²) in [5.41, 5.74) is 6.17. The van der Waals surface area contributed by atoms with E-state index >= 15 is 0 Å². The van der Waals surface area contributed by atoms with Gasteiger partial charge in [0.15, 0.2) is 5.96 Å². The quantitative estimate of drug-likeness (QED) is 0.409. The highest BCUT2D eigenvalue weighted by atomic mass is 16.5. The molecule has 3 N–H and O–H groups in total. The maximum atomic E-state index is 5.76. The number of ether oxygens (including phenoxy) is 1. The summed E-state index contributed by atoms with van der Waals surface area (Å²) in [6.07, 6.45) is 3.53. The largest absolute Gasteiger partial charge is 0.383 e. The number of aliphatic imine (C=N–C) groups is 1. The minimum absolute atomic E-state index is 0.207. The maximum Gasteiger partial charge on any atom is 0.188 e. The minimum atomic E-state index is 0.207. The number of nitrogens with two attached hydrogens (primary N) is 1. The van der Waals surface area contributed by atoms with Gasteiger partial charge in [-0.2, -0.15) is 0 Å². The summed E-state index contributed by atoms with van der Waals surface area (Å²) < 4.78 is 5.01. The van der Waals surface area contributed by atoms with Crippen LogP contribution in [0.4, 0.5) is 0 Å². The highest BCUT2D eigenvalue weighted by Crippen LogP contribution is 2.21. The van der Waals surface area contributed by atoms with E-state index in [4.69, 9.17) is 10.5 Å². The van der Waals surface area contributed by atoms with Crippen molar-refractivity contribution in [3.63, 3.8) is 0 Å². The van der Waals surface area contributed by atoms with Gasteiger partial charge < -0.3 is 15.8 Å². The van der Waals surface area contributed by atoms with Gasteiger partial charge in [0.25, 0.3) is 0 Å². The molecule has 0 rings (SSSR count). The zero-order valence-corrected chi connectivity index (χ0v) is 12.0. The smallest absolute Gasteiger partial charge is 0.188 e. The lowest BCUT2D eigenvalue weighted by molar-refractivity contribution is 0.179. The molecule has 17 heavy (non-hydrogen) atoms. The van der Waals surface area contributed by atoms with Gasteiger partial charge in [0.05, 0.1) is 6.61 Å².